The fourth-order valence-electron chi connectivity index (χ4n) is 1.72. The van der Waals surface area contributed by atoms with Gasteiger partial charge in [0.05, 0.1) is 16.4 Å². The molecule has 0 bridgehead atoms. The minimum absolute atomic E-state index is 0.363. The minimum atomic E-state index is -1.18. The highest BCUT2D eigenvalue weighted by Gasteiger charge is 2.28. The van der Waals surface area contributed by atoms with E-state index in [1.54, 1.807) is 14.2 Å². The summed E-state index contributed by atoms with van der Waals surface area (Å²) >= 11 is 3.69. The van der Waals surface area contributed by atoms with Gasteiger partial charge in [0, 0.05) is 19.1 Å². The van der Waals surface area contributed by atoms with Crippen LogP contribution in [0.25, 0.3) is 0 Å². The number of anilines is 1. The van der Waals surface area contributed by atoms with Gasteiger partial charge >= 0.3 is 9.28 Å². The monoisotopic (exact) mass is 286 g/mol. The van der Waals surface area contributed by atoms with Crippen molar-refractivity contribution in [2.24, 2.45) is 0 Å². The Labute approximate surface area is 113 Å². The van der Waals surface area contributed by atoms with Crippen molar-refractivity contribution in [2.45, 2.75) is 16.7 Å². The Morgan fingerprint density at radius 2 is 2.06 bits per heavy atom. The van der Waals surface area contributed by atoms with Crippen molar-refractivity contribution in [1.82, 2.24) is 0 Å². The van der Waals surface area contributed by atoms with Crippen molar-refractivity contribution in [3.63, 3.8) is 0 Å². The van der Waals surface area contributed by atoms with Gasteiger partial charge in [0.25, 0.3) is 0 Å². The summed E-state index contributed by atoms with van der Waals surface area (Å²) in [6.07, 6.45) is 0. The first-order valence-electron chi connectivity index (χ1n) is 5.37. The SMILES string of the molecule is CO[Si](OC)C(C)SN1CSc2ccccc21. The van der Waals surface area contributed by atoms with Gasteiger partial charge in [-0.05, 0) is 31.0 Å². The van der Waals surface area contributed by atoms with Crippen LogP contribution >= 0.6 is 23.7 Å². The van der Waals surface area contributed by atoms with Crippen LogP contribution in [0.4, 0.5) is 5.69 Å². The second-order valence-electron chi connectivity index (χ2n) is 3.59. The number of thioether (sulfide) groups is 1. The van der Waals surface area contributed by atoms with E-state index in [1.165, 1.54) is 10.6 Å². The third kappa shape index (κ3) is 3.00. The van der Waals surface area contributed by atoms with Gasteiger partial charge in [0.15, 0.2) is 0 Å². The summed E-state index contributed by atoms with van der Waals surface area (Å²) in [7, 11) is 2.27. The van der Waals surface area contributed by atoms with Crippen LogP contribution in [0.15, 0.2) is 29.2 Å². The van der Waals surface area contributed by atoms with Crippen molar-refractivity contribution in [1.29, 1.82) is 0 Å². The highest BCUT2D eigenvalue weighted by Crippen LogP contribution is 2.42. The molecule has 0 fully saturated rings. The van der Waals surface area contributed by atoms with Crippen molar-refractivity contribution >= 4 is 38.7 Å². The van der Waals surface area contributed by atoms with Gasteiger partial charge < -0.3 is 13.2 Å². The first-order chi connectivity index (χ1) is 8.26. The zero-order valence-electron chi connectivity index (χ0n) is 10.2. The molecule has 3 nitrogen and oxygen atoms in total. The quantitative estimate of drug-likeness (QED) is 0.611. The fraction of sp³-hybridized carbons (Fsp3) is 0.455. The molecule has 1 aromatic carbocycles. The van der Waals surface area contributed by atoms with Gasteiger partial charge in [0.1, 0.15) is 0 Å². The summed E-state index contributed by atoms with van der Waals surface area (Å²) in [5.41, 5.74) is 1.31. The largest absolute Gasteiger partial charge is 0.399 e. The van der Waals surface area contributed by atoms with Gasteiger partial charge in [-0.25, -0.2) is 0 Å². The Bertz CT molecular complexity index is 376. The van der Waals surface area contributed by atoms with Crippen LogP contribution in [0.3, 0.4) is 0 Å². The standard InChI is InChI=1S/C11H16NO2S2Si/c1-9(17(13-2)14-3)16-12-8-15-11-7-5-4-6-10(11)12/h4-7,9H,8H2,1-3H3. The molecule has 2 rings (SSSR count). The molecule has 0 saturated heterocycles. The van der Waals surface area contributed by atoms with Crippen LogP contribution in [0.1, 0.15) is 6.92 Å². The molecule has 0 amide bonds. The summed E-state index contributed by atoms with van der Waals surface area (Å²) in [5.74, 6) is 0.997. The predicted octanol–water partition coefficient (Wildman–Crippen LogP) is 2.91. The lowest BCUT2D eigenvalue weighted by Crippen LogP contribution is -2.33. The summed E-state index contributed by atoms with van der Waals surface area (Å²) < 4.78 is 13.1. The van der Waals surface area contributed by atoms with Gasteiger partial charge in [-0.2, -0.15) is 0 Å². The van der Waals surface area contributed by atoms with Crippen molar-refractivity contribution < 1.29 is 8.85 Å². The van der Waals surface area contributed by atoms with Crippen LogP contribution in [-0.4, -0.2) is 34.3 Å². The lowest BCUT2D eigenvalue weighted by Gasteiger charge is -2.23. The van der Waals surface area contributed by atoms with E-state index in [9.17, 15) is 0 Å². The fourth-order valence-corrected chi connectivity index (χ4v) is 5.86. The third-order valence-electron chi connectivity index (χ3n) is 2.49. The van der Waals surface area contributed by atoms with E-state index in [0.717, 1.165) is 5.88 Å². The molecule has 0 saturated carbocycles. The van der Waals surface area contributed by atoms with E-state index >= 15 is 0 Å². The molecule has 1 aromatic rings. The minimum Gasteiger partial charge on any atom is -0.396 e. The van der Waals surface area contributed by atoms with Crippen molar-refractivity contribution in [3.8, 4) is 0 Å². The van der Waals surface area contributed by atoms with Gasteiger partial charge in [-0.1, -0.05) is 12.1 Å². The second kappa shape index (κ2) is 6.15. The molecule has 1 aliphatic heterocycles. The van der Waals surface area contributed by atoms with E-state index < -0.39 is 9.28 Å². The zero-order valence-corrected chi connectivity index (χ0v) is 12.8. The number of hydrogen-bond acceptors (Lipinski definition) is 5. The molecule has 1 atom stereocenters. The molecule has 1 heterocycles. The highest BCUT2D eigenvalue weighted by molar-refractivity contribution is 8.06. The molecule has 1 unspecified atom stereocenters. The van der Waals surface area contributed by atoms with Gasteiger partial charge in [-0.15, -0.1) is 11.8 Å². The molecule has 0 N–H and O–H groups in total. The second-order valence-corrected chi connectivity index (χ2v) is 8.68. The van der Waals surface area contributed by atoms with Crippen LogP contribution < -0.4 is 4.31 Å². The van der Waals surface area contributed by atoms with Gasteiger partial charge in [-0.3, -0.25) is 0 Å². The molecule has 1 radical (unpaired) electrons. The van der Waals surface area contributed by atoms with Crippen LogP contribution in [0, 0.1) is 0 Å². The van der Waals surface area contributed by atoms with Crippen LogP contribution in [-0.2, 0) is 8.85 Å². The Balaban J connectivity index is 2.02. The Morgan fingerprint density at radius 3 is 2.76 bits per heavy atom. The normalized spacial score (nSPS) is 16.4. The smallest absolute Gasteiger partial charge is 0.396 e. The number of fused-ring (bicyclic) bond motifs is 1. The maximum atomic E-state index is 5.38. The number of rotatable bonds is 5. The van der Waals surface area contributed by atoms with Crippen LogP contribution in [0.2, 0.25) is 0 Å². The molecule has 93 valence electrons. The number of hydrogen-bond donors (Lipinski definition) is 0. The maximum absolute atomic E-state index is 5.38. The molecule has 0 spiro atoms. The number of para-hydroxylation sites is 1. The third-order valence-corrected chi connectivity index (χ3v) is 6.96. The molecular weight excluding hydrogens is 270 g/mol. The average Bonchev–Trinajstić information content (AvgIpc) is 2.74. The summed E-state index contributed by atoms with van der Waals surface area (Å²) in [6.45, 7) is 2.16. The van der Waals surface area contributed by atoms with Crippen molar-refractivity contribution in [2.75, 3.05) is 24.4 Å². The Morgan fingerprint density at radius 1 is 1.35 bits per heavy atom. The first kappa shape index (κ1) is 13.3. The molecule has 17 heavy (non-hydrogen) atoms. The molecule has 0 aliphatic carbocycles. The summed E-state index contributed by atoms with van der Waals surface area (Å²) in [5, 5.41) is 0. The summed E-state index contributed by atoms with van der Waals surface area (Å²) in [4.78, 5) is 1.72. The van der Waals surface area contributed by atoms with Gasteiger partial charge in [0.2, 0.25) is 0 Å². The average molecular weight is 286 g/mol. The van der Waals surface area contributed by atoms with E-state index in [-0.39, 0.29) is 0 Å². The highest BCUT2D eigenvalue weighted by atomic mass is 32.2. The van der Waals surface area contributed by atoms with Crippen LogP contribution in [0.5, 0.6) is 0 Å². The number of nitrogens with zero attached hydrogens (tertiary/aromatic N) is 1. The lowest BCUT2D eigenvalue weighted by molar-refractivity contribution is 0.277. The lowest BCUT2D eigenvalue weighted by atomic mass is 10.3. The Kier molecular flexibility index (Phi) is 4.81. The van der Waals surface area contributed by atoms with E-state index in [2.05, 4.69) is 35.5 Å². The van der Waals surface area contributed by atoms with Crippen molar-refractivity contribution in [3.05, 3.63) is 24.3 Å². The molecular formula is C11H16NO2S2Si. The summed E-state index contributed by atoms with van der Waals surface area (Å²) in [6, 6.07) is 8.51. The Hall–Kier alpha value is -0.143. The molecule has 6 heteroatoms. The molecule has 1 aliphatic rings. The molecule has 0 aromatic heterocycles. The van der Waals surface area contributed by atoms with E-state index in [0.29, 0.717) is 4.87 Å². The zero-order chi connectivity index (χ0) is 12.3. The number of benzene rings is 1. The predicted molar refractivity (Wildman–Crippen MR) is 76.5 cm³/mol. The maximum Gasteiger partial charge on any atom is 0.399 e. The van der Waals surface area contributed by atoms with E-state index in [4.69, 9.17) is 8.85 Å². The van der Waals surface area contributed by atoms with E-state index in [1.807, 2.05) is 23.7 Å². The first-order valence-corrected chi connectivity index (χ1v) is 8.59. The topological polar surface area (TPSA) is 21.7 Å².